The van der Waals surface area contributed by atoms with Crippen LogP contribution in [0.25, 0.3) is 0 Å². The van der Waals surface area contributed by atoms with Crippen LogP contribution in [-0.2, 0) is 12.7 Å². The summed E-state index contributed by atoms with van der Waals surface area (Å²) in [6.07, 6.45) is -2.45. The lowest BCUT2D eigenvalue weighted by atomic mass is 10.2. The molecule has 0 saturated heterocycles. The first-order valence-corrected chi connectivity index (χ1v) is 5.11. The van der Waals surface area contributed by atoms with Crippen molar-refractivity contribution in [2.45, 2.75) is 31.5 Å². The predicted octanol–water partition coefficient (Wildman–Crippen LogP) is 2.50. The van der Waals surface area contributed by atoms with Gasteiger partial charge in [-0.25, -0.2) is 4.98 Å². The lowest BCUT2D eigenvalue weighted by Gasteiger charge is -1.98. The summed E-state index contributed by atoms with van der Waals surface area (Å²) in [5.41, 5.74) is 5.95. The molecule has 1 aliphatic carbocycles. The Hall–Kier alpha value is -0.620. The summed E-state index contributed by atoms with van der Waals surface area (Å²) < 4.78 is 36.9. The van der Waals surface area contributed by atoms with Gasteiger partial charge in [0.1, 0.15) is 0 Å². The molecule has 1 aromatic rings. The normalized spacial score (nSPS) is 17.4. The number of thiazole rings is 1. The summed E-state index contributed by atoms with van der Waals surface area (Å²) >= 11 is 0.674. The standard InChI is InChI=1S/C8H9F3N2S/c9-8(10,11)7-13-6(4-1-2-4)5(3-12)14-7/h4H,1-3,12H2. The topological polar surface area (TPSA) is 38.9 Å². The van der Waals surface area contributed by atoms with Crippen molar-refractivity contribution in [3.05, 3.63) is 15.6 Å². The second kappa shape index (κ2) is 3.20. The van der Waals surface area contributed by atoms with Crippen molar-refractivity contribution < 1.29 is 13.2 Å². The van der Waals surface area contributed by atoms with E-state index in [1.807, 2.05) is 0 Å². The maximum Gasteiger partial charge on any atom is 0.443 e. The number of hydrogen-bond donors (Lipinski definition) is 1. The molecule has 6 heteroatoms. The highest BCUT2D eigenvalue weighted by Crippen LogP contribution is 2.44. The number of hydrogen-bond acceptors (Lipinski definition) is 3. The van der Waals surface area contributed by atoms with E-state index in [0.29, 0.717) is 21.9 Å². The van der Waals surface area contributed by atoms with E-state index in [1.54, 1.807) is 0 Å². The Bertz CT molecular complexity index is 341. The molecule has 0 atom stereocenters. The zero-order valence-electron chi connectivity index (χ0n) is 7.27. The first-order chi connectivity index (χ1) is 6.52. The highest BCUT2D eigenvalue weighted by molar-refractivity contribution is 7.11. The van der Waals surface area contributed by atoms with Gasteiger partial charge in [-0.15, -0.1) is 11.3 Å². The average Bonchev–Trinajstić information content (AvgIpc) is 2.82. The van der Waals surface area contributed by atoms with Crippen molar-refractivity contribution in [3.8, 4) is 0 Å². The molecule has 0 radical (unpaired) electrons. The largest absolute Gasteiger partial charge is 0.443 e. The van der Waals surface area contributed by atoms with Crippen LogP contribution in [0.2, 0.25) is 0 Å². The Labute approximate surface area is 82.9 Å². The first-order valence-electron chi connectivity index (χ1n) is 4.29. The number of aromatic nitrogens is 1. The third-order valence-electron chi connectivity index (χ3n) is 2.12. The molecule has 0 aromatic carbocycles. The second-order valence-electron chi connectivity index (χ2n) is 3.30. The fraction of sp³-hybridized carbons (Fsp3) is 0.625. The smallest absolute Gasteiger partial charge is 0.326 e. The Morgan fingerprint density at radius 1 is 1.43 bits per heavy atom. The van der Waals surface area contributed by atoms with Gasteiger partial charge in [-0.05, 0) is 12.8 Å². The van der Waals surface area contributed by atoms with Gasteiger partial charge in [0.25, 0.3) is 0 Å². The molecule has 0 unspecified atom stereocenters. The minimum Gasteiger partial charge on any atom is -0.326 e. The average molecular weight is 222 g/mol. The molecule has 2 nitrogen and oxygen atoms in total. The summed E-state index contributed by atoms with van der Waals surface area (Å²) in [6, 6.07) is 0. The Balaban J connectivity index is 2.35. The van der Waals surface area contributed by atoms with Crippen LogP contribution >= 0.6 is 11.3 Å². The van der Waals surface area contributed by atoms with Crippen molar-refractivity contribution in [1.29, 1.82) is 0 Å². The van der Waals surface area contributed by atoms with Gasteiger partial charge >= 0.3 is 6.18 Å². The molecule has 0 amide bonds. The summed E-state index contributed by atoms with van der Waals surface area (Å²) in [4.78, 5) is 4.21. The quantitative estimate of drug-likeness (QED) is 0.835. The zero-order chi connectivity index (χ0) is 10.3. The number of nitrogens with zero attached hydrogens (tertiary/aromatic N) is 1. The van der Waals surface area contributed by atoms with Crippen LogP contribution < -0.4 is 5.73 Å². The SMILES string of the molecule is NCc1sc(C(F)(F)F)nc1C1CC1. The molecule has 1 aromatic heterocycles. The highest BCUT2D eigenvalue weighted by atomic mass is 32.1. The molecule has 1 fully saturated rings. The van der Waals surface area contributed by atoms with E-state index in [2.05, 4.69) is 4.98 Å². The molecule has 1 saturated carbocycles. The molecule has 0 bridgehead atoms. The van der Waals surface area contributed by atoms with E-state index < -0.39 is 11.2 Å². The first kappa shape index (κ1) is 9.92. The van der Waals surface area contributed by atoms with E-state index >= 15 is 0 Å². The van der Waals surface area contributed by atoms with Crippen LogP contribution in [0, 0.1) is 0 Å². The number of alkyl halides is 3. The van der Waals surface area contributed by atoms with Gasteiger partial charge in [0.2, 0.25) is 0 Å². The van der Waals surface area contributed by atoms with Crippen LogP contribution in [0.3, 0.4) is 0 Å². The van der Waals surface area contributed by atoms with Gasteiger partial charge in [-0.2, -0.15) is 13.2 Å². The molecule has 1 aliphatic rings. The summed E-state index contributed by atoms with van der Waals surface area (Å²) in [5, 5.41) is -0.764. The number of nitrogens with two attached hydrogens (primary N) is 1. The summed E-state index contributed by atoms with van der Waals surface area (Å²) in [5.74, 6) is 0.223. The molecule has 0 aliphatic heterocycles. The second-order valence-corrected chi connectivity index (χ2v) is 4.39. The molecule has 0 spiro atoms. The fourth-order valence-corrected chi connectivity index (χ4v) is 2.20. The maximum absolute atomic E-state index is 12.3. The summed E-state index contributed by atoms with van der Waals surface area (Å²) in [6.45, 7) is 0.152. The van der Waals surface area contributed by atoms with Crippen molar-refractivity contribution in [2.75, 3.05) is 0 Å². The zero-order valence-corrected chi connectivity index (χ0v) is 8.08. The Kier molecular flexibility index (Phi) is 2.27. The van der Waals surface area contributed by atoms with Crippen LogP contribution in [0.5, 0.6) is 0 Å². The number of rotatable bonds is 2. The van der Waals surface area contributed by atoms with Gasteiger partial charge in [0.05, 0.1) is 5.69 Å². The molecule has 2 rings (SSSR count). The molecule has 14 heavy (non-hydrogen) atoms. The monoisotopic (exact) mass is 222 g/mol. The molecule has 1 heterocycles. The van der Waals surface area contributed by atoms with Crippen LogP contribution in [0.4, 0.5) is 13.2 Å². The molecular weight excluding hydrogens is 213 g/mol. The maximum atomic E-state index is 12.3. The molecule has 2 N–H and O–H groups in total. The van der Waals surface area contributed by atoms with Crippen LogP contribution in [0.15, 0.2) is 0 Å². The minimum absolute atomic E-state index is 0.152. The fourth-order valence-electron chi connectivity index (χ4n) is 1.31. The predicted molar refractivity (Wildman–Crippen MR) is 47.0 cm³/mol. The lowest BCUT2D eigenvalue weighted by Crippen LogP contribution is -2.03. The molecule has 78 valence electrons. The summed E-state index contributed by atoms with van der Waals surface area (Å²) in [7, 11) is 0. The third-order valence-corrected chi connectivity index (χ3v) is 3.26. The Morgan fingerprint density at radius 2 is 2.07 bits per heavy atom. The van der Waals surface area contributed by atoms with Crippen molar-refractivity contribution >= 4 is 11.3 Å². The molecular formula is C8H9F3N2S. The van der Waals surface area contributed by atoms with Gasteiger partial charge < -0.3 is 5.73 Å². The van der Waals surface area contributed by atoms with E-state index in [0.717, 1.165) is 12.8 Å². The van der Waals surface area contributed by atoms with E-state index in [-0.39, 0.29) is 12.5 Å². The van der Waals surface area contributed by atoms with Crippen molar-refractivity contribution in [3.63, 3.8) is 0 Å². The van der Waals surface area contributed by atoms with E-state index in [9.17, 15) is 13.2 Å². The van der Waals surface area contributed by atoms with Gasteiger partial charge in [0, 0.05) is 17.3 Å². The highest BCUT2D eigenvalue weighted by Gasteiger charge is 2.38. The Morgan fingerprint density at radius 3 is 2.50 bits per heavy atom. The minimum atomic E-state index is -4.33. The van der Waals surface area contributed by atoms with Gasteiger partial charge in [-0.1, -0.05) is 0 Å². The van der Waals surface area contributed by atoms with E-state index in [1.165, 1.54) is 0 Å². The van der Waals surface area contributed by atoms with Gasteiger partial charge in [-0.3, -0.25) is 0 Å². The third kappa shape index (κ3) is 1.76. The number of halogens is 3. The van der Waals surface area contributed by atoms with E-state index in [4.69, 9.17) is 5.73 Å². The lowest BCUT2D eigenvalue weighted by molar-refractivity contribution is -0.137. The van der Waals surface area contributed by atoms with Crippen LogP contribution in [0.1, 0.15) is 34.3 Å². The van der Waals surface area contributed by atoms with Gasteiger partial charge in [0.15, 0.2) is 5.01 Å². The van der Waals surface area contributed by atoms with Crippen molar-refractivity contribution in [2.24, 2.45) is 5.73 Å². The van der Waals surface area contributed by atoms with Crippen LogP contribution in [-0.4, -0.2) is 4.98 Å². The van der Waals surface area contributed by atoms with Crippen molar-refractivity contribution in [1.82, 2.24) is 4.98 Å².